The van der Waals surface area contributed by atoms with Crippen molar-refractivity contribution in [1.29, 1.82) is 0 Å². The standard InChI is InChI=1S/C16H19Cl2N3O4/c1-2-25-16(24)21-9-7-20(8-10-21)15(23)11-5-3-4-6-12(11)19-14(22)13(17)18/h3-6,13H,2,7-10H2,1H3,(H,19,22). The first-order valence-electron chi connectivity index (χ1n) is 7.83. The third-order valence-corrected chi connectivity index (χ3v) is 4.10. The van der Waals surface area contributed by atoms with Gasteiger partial charge in [-0.2, -0.15) is 0 Å². The van der Waals surface area contributed by atoms with Gasteiger partial charge in [0.2, 0.25) is 0 Å². The highest BCUT2D eigenvalue weighted by Gasteiger charge is 2.27. The van der Waals surface area contributed by atoms with Gasteiger partial charge >= 0.3 is 6.09 Å². The molecule has 1 fully saturated rings. The number of piperazine rings is 1. The molecule has 1 aromatic rings. The number of anilines is 1. The van der Waals surface area contributed by atoms with Crippen LogP contribution in [0.1, 0.15) is 17.3 Å². The topological polar surface area (TPSA) is 79.0 Å². The van der Waals surface area contributed by atoms with Crippen LogP contribution in [0.4, 0.5) is 10.5 Å². The van der Waals surface area contributed by atoms with Crippen molar-refractivity contribution >= 4 is 46.8 Å². The first kappa shape index (κ1) is 19.3. The molecular weight excluding hydrogens is 369 g/mol. The molecule has 0 radical (unpaired) electrons. The molecule has 0 aliphatic carbocycles. The highest BCUT2D eigenvalue weighted by Crippen LogP contribution is 2.20. The van der Waals surface area contributed by atoms with Crippen molar-refractivity contribution in [3.63, 3.8) is 0 Å². The minimum atomic E-state index is -1.23. The van der Waals surface area contributed by atoms with E-state index in [0.29, 0.717) is 44.0 Å². The summed E-state index contributed by atoms with van der Waals surface area (Å²) in [6.45, 7) is 3.61. The summed E-state index contributed by atoms with van der Waals surface area (Å²) in [5.74, 6) is -0.837. The Hall–Kier alpha value is -1.99. The lowest BCUT2D eigenvalue weighted by Crippen LogP contribution is -2.50. The maximum absolute atomic E-state index is 12.7. The molecule has 1 N–H and O–H groups in total. The van der Waals surface area contributed by atoms with Crippen molar-refractivity contribution in [2.45, 2.75) is 11.8 Å². The first-order chi connectivity index (χ1) is 11.9. The average Bonchev–Trinajstić information content (AvgIpc) is 2.62. The van der Waals surface area contributed by atoms with Gasteiger partial charge in [0, 0.05) is 26.2 Å². The van der Waals surface area contributed by atoms with Gasteiger partial charge in [0.05, 0.1) is 17.9 Å². The van der Waals surface area contributed by atoms with Gasteiger partial charge in [-0.3, -0.25) is 9.59 Å². The average molecular weight is 388 g/mol. The number of alkyl halides is 2. The van der Waals surface area contributed by atoms with Crippen LogP contribution in [0.3, 0.4) is 0 Å². The minimum Gasteiger partial charge on any atom is -0.450 e. The molecule has 0 atom stereocenters. The fourth-order valence-corrected chi connectivity index (χ4v) is 2.55. The van der Waals surface area contributed by atoms with E-state index < -0.39 is 10.7 Å². The molecule has 1 aliphatic rings. The quantitative estimate of drug-likeness (QED) is 0.804. The molecule has 1 saturated heterocycles. The number of nitrogens with one attached hydrogen (secondary N) is 1. The molecule has 0 bridgehead atoms. The van der Waals surface area contributed by atoms with Crippen LogP contribution < -0.4 is 5.32 Å². The number of nitrogens with zero attached hydrogens (tertiary/aromatic N) is 2. The Morgan fingerprint density at radius 2 is 1.72 bits per heavy atom. The van der Waals surface area contributed by atoms with E-state index in [0.717, 1.165) is 0 Å². The summed E-state index contributed by atoms with van der Waals surface area (Å²) in [4.78, 5) is 38.1. The molecule has 25 heavy (non-hydrogen) atoms. The second-order valence-electron chi connectivity index (χ2n) is 5.31. The van der Waals surface area contributed by atoms with E-state index >= 15 is 0 Å². The summed E-state index contributed by atoms with van der Waals surface area (Å²) in [5.41, 5.74) is 0.686. The molecule has 3 amide bonds. The van der Waals surface area contributed by atoms with Gasteiger partial charge in [0.15, 0.2) is 4.84 Å². The summed E-state index contributed by atoms with van der Waals surface area (Å²) in [6, 6.07) is 6.63. The summed E-state index contributed by atoms with van der Waals surface area (Å²) < 4.78 is 4.96. The largest absolute Gasteiger partial charge is 0.450 e. The van der Waals surface area contributed by atoms with Gasteiger partial charge in [0.1, 0.15) is 0 Å². The van der Waals surface area contributed by atoms with Crippen LogP contribution in [0.5, 0.6) is 0 Å². The number of halogens is 2. The van der Waals surface area contributed by atoms with E-state index in [1.54, 1.807) is 41.0 Å². The van der Waals surface area contributed by atoms with E-state index in [2.05, 4.69) is 5.32 Å². The van der Waals surface area contributed by atoms with Crippen molar-refractivity contribution < 1.29 is 19.1 Å². The maximum atomic E-state index is 12.7. The number of hydrogen-bond acceptors (Lipinski definition) is 4. The smallest absolute Gasteiger partial charge is 0.409 e. The Labute approximate surface area is 155 Å². The van der Waals surface area contributed by atoms with E-state index in [1.807, 2.05) is 0 Å². The van der Waals surface area contributed by atoms with Gasteiger partial charge in [-0.25, -0.2) is 4.79 Å². The molecule has 136 valence electrons. The monoisotopic (exact) mass is 387 g/mol. The minimum absolute atomic E-state index is 0.236. The predicted molar refractivity (Wildman–Crippen MR) is 95.1 cm³/mol. The normalized spacial score (nSPS) is 14.4. The zero-order chi connectivity index (χ0) is 18.4. The summed E-state index contributed by atoms with van der Waals surface area (Å²) in [6.07, 6.45) is -0.377. The number of amides is 3. The zero-order valence-electron chi connectivity index (χ0n) is 13.7. The molecule has 0 aromatic heterocycles. The summed E-state index contributed by atoms with van der Waals surface area (Å²) in [5, 5.41) is 2.54. The van der Waals surface area contributed by atoms with E-state index in [9.17, 15) is 14.4 Å². The van der Waals surface area contributed by atoms with Crippen molar-refractivity contribution in [1.82, 2.24) is 9.80 Å². The fraction of sp³-hybridized carbons (Fsp3) is 0.438. The number of para-hydroxylation sites is 1. The Bertz CT molecular complexity index is 646. The number of carbonyl (C=O) groups excluding carboxylic acids is 3. The number of rotatable bonds is 4. The Kier molecular flexibility index (Phi) is 6.90. The maximum Gasteiger partial charge on any atom is 0.409 e. The van der Waals surface area contributed by atoms with E-state index in [4.69, 9.17) is 27.9 Å². The molecule has 0 unspecified atom stereocenters. The van der Waals surface area contributed by atoms with Crippen LogP contribution in [0, 0.1) is 0 Å². The predicted octanol–water partition coefficient (Wildman–Crippen LogP) is 2.34. The fourth-order valence-electron chi connectivity index (χ4n) is 2.44. The van der Waals surface area contributed by atoms with E-state index in [-0.39, 0.29) is 12.0 Å². The van der Waals surface area contributed by atoms with Crippen LogP contribution in [-0.2, 0) is 9.53 Å². The van der Waals surface area contributed by atoms with Gasteiger partial charge in [-0.15, -0.1) is 0 Å². The lowest BCUT2D eigenvalue weighted by molar-refractivity contribution is -0.114. The molecule has 2 rings (SSSR count). The molecule has 1 aliphatic heterocycles. The third-order valence-electron chi connectivity index (χ3n) is 3.71. The second-order valence-corrected chi connectivity index (χ2v) is 6.41. The number of hydrogen-bond donors (Lipinski definition) is 1. The molecular formula is C16H19Cl2N3O4. The summed E-state index contributed by atoms with van der Waals surface area (Å²) >= 11 is 11.1. The van der Waals surface area contributed by atoms with Crippen LogP contribution in [-0.4, -0.2) is 65.3 Å². The molecule has 1 aromatic carbocycles. The zero-order valence-corrected chi connectivity index (χ0v) is 15.2. The number of carbonyl (C=O) groups is 3. The van der Waals surface area contributed by atoms with Crippen molar-refractivity contribution in [2.24, 2.45) is 0 Å². The van der Waals surface area contributed by atoms with Crippen LogP contribution >= 0.6 is 23.2 Å². The molecule has 7 nitrogen and oxygen atoms in total. The van der Waals surface area contributed by atoms with Gasteiger partial charge in [-0.1, -0.05) is 35.3 Å². The third kappa shape index (κ3) is 4.99. The Balaban J connectivity index is 2.04. The first-order valence-corrected chi connectivity index (χ1v) is 8.70. The van der Waals surface area contributed by atoms with Crippen molar-refractivity contribution in [3.8, 4) is 0 Å². The summed E-state index contributed by atoms with van der Waals surface area (Å²) in [7, 11) is 0. The second kappa shape index (κ2) is 8.92. The number of benzene rings is 1. The van der Waals surface area contributed by atoms with Crippen LogP contribution in [0.15, 0.2) is 24.3 Å². The SMILES string of the molecule is CCOC(=O)N1CCN(C(=O)c2ccccc2NC(=O)C(Cl)Cl)CC1. The highest BCUT2D eigenvalue weighted by atomic mass is 35.5. The van der Waals surface area contributed by atoms with Crippen molar-refractivity contribution in [3.05, 3.63) is 29.8 Å². The van der Waals surface area contributed by atoms with Gasteiger partial charge < -0.3 is 19.9 Å². The van der Waals surface area contributed by atoms with Gasteiger partial charge in [-0.05, 0) is 19.1 Å². The molecule has 0 saturated carbocycles. The van der Waals surface area contributed by atoms with E-state index in [1.165, 1.54) is 0 Å². The highest BCUT2D eigenvalue weighted by molar-refractivity contribution is 6.54. The Morgan fingerprint density at radius 1 is 1.12 bits per heavy atom. The van der Waals surface area contributed by atoms with Gasteiger partial charge in [0.25, 0.3) is 11.8 Å². The lowest BCUT2D eigenvalue weighted by Gasteiger charge is -2.34. The number of ether oxygens (including phenoxy) is 1. The van der Waals surface area contributed by atoms with Crippen LogP contribution in [0.25, 0.3) is 0 Å². The van der Waals surface area contributed by atoms with Crippen LogP contribution in [0.2, 0.25) is 0 Å². The molecule has 0 spiro atoms. The lowest BCUT2D eigenvalue weighted by atomic mass is 10.1. The van der Waals surface area contributed by atoms with Crippen molar-refractivity contribution in [2.75, 3.05) is 38.1 Å². The Morgan fingerprint density at radius 3 is 2.32 bits per heavy atom. The molecule has 1 heterocycles. The molecule has 9 heteroatoms.